The highest BCUT2D eigenvalue weighted by Gasteiger charge is 2.65. The summed E-state index contributed by atoms with van der Waals surface area (Å²) in [4.78, 5) is 25.9. The Hall–Kier alpha value is -1.10. The van der Waals surface area contributed by atoms with Crippen molar-refractivity contribution in [3.63, 3.8) is 0 Å². The minimum absolute atomic E-state index is 0.189. The molecule has 0 aromatic rings. The van der Waals surface area contributed by atoms with Crippen molar-refractivity contribution < 1.29 is 19.4 Å². The summed E-state index contributed by atoms with van der Waals surface area (Å²) in [5.41, 5.74) is -0.848. The number of aliphatic hydroxyl groups excluding tert-OH is 1. The van der Waals surface area contributed by atoms with Gasteiger partial charge in [0.05, 0.1) is 11.5 Å². The summed E-state index contributed by atoms with van der Waals surface area (Å²) in [5, 5.41) is 9.27. The van der Waals surface area contributed by atoms with Crippen LogP contribution in [0.25, 0.3) is 0 Å². The van der Waals surface area contributed by atoms with Crippen LogP contribution in [-0.4, -0.2) is 46.7 Å². The molecule has 2 rings (SSSR count). The van der Waals surface area contributed by atoms with Crippen LogP contribution in [0.5, 0.6) is 0 Å². The van der Waals surface area contributed by atoms with Crippen LogP contribution in [0.2, 0.25) is 0 Å². The number of amides is 1. The lowest BCUT2D eigenvalue weighted by molar-refractivity contribution is -0.124. The summed E-state index contributed by atoms with van der Waals surface area (Å²) in [7, 11) is 0. The van der Waals surface area contributed by atoms with Gasteiger partial charge in [-0.3, -0.25) is 4.79 Å². The smallest absolute Gasteiger partial charge is 0.410 e. The molecule has 1 heterocycles. The number of piperidine rings is 1. The number of fused-ring (bicyclic) bond motifs is 1. The van der Waals surface area contributed by atoms with Crippen LogP contribution >= 0.6 is 0 Å². The molecule has 0 spiro atoms. The summed E-state index contributed by atoms with van der Waals surface area (Å²) in [6.45, 7) is 8.30. The number of ether oxygens (including phenoxy) is 1. The van der Waals surface area contributed by atoms with Crippen molar-refractivity contribution in [1.82, 2.24) is 4.90 Å². The number of hydrogen-bond donors (Lipinski definition) is 1. The maximum atomic E-state index is 12.3. The molecule has 0 radical (unpaired) electrons. The standard InChI is InChI=1S/C15H25NO4/c1-10(17)5-6-12(18)15-7-11(15)8-16(9-15)13(19)20-14(2,3)4/h10-11,17H,5-9H2,1-4H3/t10-,11?,15?/m1/s1. The van der Waals surface area contributed by atoms with Gasteiger partial charge >= 0.3 is 6.09 Å². The number of rotatable bonds is 4. The van der Waals surface area contributed by atoms with Gasteiger partial charge in [-0.1, -0.05) is 0 Å². The van der Waals surface area contributed by atoms with E-state index >= 15 is 0 Å². The van der Waals surface area contributed by atoms with E-state index in [1.807, 2.05) is 20.8 Å². The van der Waals surface area contributed by atoms with E-state index in [0.29, 0.717) is 25.9 Å². The number of Topliss-reactive ketones (excluding diaryl/α,β-unsaturated/α-hetero) is 1. The van der Waals surface area contributed by atoms with Gasteiger partial charge in [0.25, 0.3) is 0 Å². The van der Waals surface area contributed by atoms with Gasteiger partial charge in [-0.25, -0.2) is 4.79 Å². The maximum Gasteiger partial charge on any atom is 0.410 e. The first-order valence-corrected chi connectivity index (χ1v) is 7.33. The van der Waals surface area contributed by atoms with Crippen molar-refractivity contribution in [3.8, 4) is 0 Å². The molecule has 5 nitrogen and oxygen atoms in total. The zero-order valence-electron chi connectivity index (χ0n) is 12.8. The number of ketones is 1. The SMILES string of the molecule is C[C@@H](O)CCC(=O)C12CC1CN(C(=O)OC(C)(C)C)C2. The fourth-order valence-electron chi connectivity index (χ4n) is 2.97. The summed E-state index contributed by atoms with van der Waals surface area (Å²) < 4.78 is 5.35. The van der Waals surface area contributed by atoms with E-state index in [9.17, 15) is 14.7 Å². The Morgan fingerprint density at radius 1 is 1.45 bits per heavy atom. The van der Waals surface area contributed by atoms with Crippen molar-refractivity contribution in [2.24, 2.45) is 11.3 Å². The van der Waals surface area contributed by atoms with E-state index in [-0.39, 0.29) is 23.2 Å². The highest BCUT2D eigenvalue weighted by atomic mass is 16.6. The number of aliphatic hydroxyl groups is 1. The van der Waals surface area contributed by atoms with Crippen molar-refractivity contribution in [2.75, 3.05) is 13.1 Å². The fourth-order valence-corrected chi connectivity index (χ4v) is 2.97. The molecular weight excluding hydrogens is 258 g/mol. The van der Waals surface area contributed by atoms with Crippen molar-refractivity contribution in [1.29, 1.82) is 0 Å². The molecule has 0 bridgehead atoms. The van der Waals surface area contributed by atoms with Crippen LogP contribution in [0.3, 0.4) is 0 Å². The lowest BCUT2D eigenvalue weighted by Crippen LogP contribution is -2.38. The molecule has 5 heteroatoms. The first kappa shape index (κ1) is 15.3. The highest BCUT2D eigenvalue weighted by molar-refractivity contribution is 5.90. The number of carbonyl (C=O) groups excluding carboxylic acids is 2. The normalized spacial score (nSPS) is 29.9. The van der Waals surface area contributed by atoms with E-state index in [4.69, 9.17) is 4.74 Å². The van der Waals surface area contributed by atoms with Crippen molar-refractivity contribution in [2.45, 2.75) is 58.7 Å². The Balaban J connectivity index is 1.89. The first-order chi connectivity index (χ1) is 9.14. The molecule has 1 saturated heterocycles. The molecule has 0 aromatic heterocycles. The summed E-state index contributed by atoms with van der Waals surface area (Å²) in [6, 6.07) is 0. The van der Waals surface area contributed by atoms with E-state index in [0.717, 1.165) is 6.42 Å². The quantitative estimate of drug-likeness (QED) is 0.856. The van der Waals surface area contributed by atoms with E-state index in [2.05, 4.69) is 0 Å². The van der Waals surface area contributed by atoms with Crippen molar-refractivity contribution >= 4 is 11.9 Å². The molecule has 1 saturated carbocycles. The Morgan fingerprint density at radius 2 is 2.10 bits per heavy atom. The number of likely N-dealkylation sites (tertiary alicyclic amines) is 1. The zero-order chi connectivity index (χ0) is 15.1. The van der Waals surface area contributed by atoms with Crippen LogP contribution in [0.15, 0.2) is 0 Å². The molecule has 2 aliphatic rings. The molecular formula is C15H25NO4. The Kier molecular flexibility index (Phi) is 3.84. The second-order valence-electron chi connectivity index (χ2n) is 7.23. The second-order valence-corrected chi connectivity index (χ2v) is 7.23. The van der Waals surface area contributed by atoms with Gasteiger partial charge in [-0.15, -0.1) is 0 Å². The van der Waals surface area contributed by atoms with Gasteiger partial charge in [-0.2, -0.15) is 0 Å². The third kappa shape index (κ3) is 3.14. The molecule has 3 atom stereocenters. The molecule has 1 aliphatic heterocycles. The van der Waals surface area contributed by atoms with E-state index in [1.165, 1.54) is 0 Å². The summed E-state index contributed by atoms with van der Waals surface area (Å²) in [6.07, 6.45) is 1.00. The van der Waals surface area contributed by atoms with Crippen LogP contribution in [-0.2, 0) is 9.53 Å². The van der Waals surface area contributed by atoms with Crippen LogP contribution < -0.4 is 0 Å². The molecule has 1 amide bonds. The fraction of sp³-hybridized carbons (Fsp3) is 0.867. The minimum atomic E-state index is -0.507. The lowest BCUT2D eigenvalue weighted by atomic mass is 9.95. The predicted octanol–water partition coefficient (Wildman–Crippen LogP) is 1.97. The molecule has 20 heavy (non-hydrogen) atoms. The molecule has 1 aliphatic carbocycles. The molecule has 0 aromatic carbocycles. The summed E-state index contributed by atoms with van der Waals surface area (Å²) >= 11 is 0. The van der Waals surface area contributed by atoms with Gasteiger partial charge in [0.15, 0.2) is 0 Å². The van der Waals surface area contributed by atoms with E-state index < -0.39 is 11.7 Å². The second kappa shape index (κ2) is 5.02. The Labute approximate surface area is 120 Å². The number of hydrogen-bond acceptors (Lipinski definition) is 4. The van der Waals surface area contributed by atoms with Gasteiger partial charge < -0.3 is 14.7 Å². The topological polar surface area (TPSA) is 66.8 Å². The first-order valence-electron chi connectivity index (χ1n) is 7.33. The lowest BCUT2D eigenvalue weighted by Gasteiger charge is -2.26. The Morgan fingerprint density at radius 3 is 2.65 bits per heavy atom. The molecule has 2 fully saturated rings. The predicted molar refractivity (Wildman–Crippen MR) is 74.3 cm³/mol. The number of carbonyl (C=O) groups is 2. The zero-order valence-corrected chi connectivity index (χ0v) is 12.8. The average Bonchev–Trinajstić information content (AvgIpc) is 2.87. The van der Waals surface area contributed by atoms with Gasteiger partial charge in [0.2, 0.25) is 0 Å². The summed E-state index contributed by atoms with van der Waals surface area (Å²) in [5.74, 6) is 0.478. The third-order valence-electron chi connectivity index (χ3n) is 4.14. The van der Waals surface area contributed by atoms with E-state index in [1.54, 1.807) is 11.8 Å². The largest absolute Gasteiger partial charge is 0.444 e. The van der Waals surface area contributed by atoms with Gasteiger partial charge in [-0.05, 0) is 46.5 Å². The molecule has 114 valence electrons. The van der Waals surface area contributed by atoms with Gasteiger partial charge in [0.1, 0.15) is 11.4 Å². The Bertz CT molecular complexity index is 413. The third-order valence-corrected chi connectivity index (χ3v) is 4.14. The van der Waals surface area contributed by atoms with Crippen LogP contribution in [0.1, 0.15) is 47.0 Å². The average molecular weight is 283 g/mol. The number of nitrogens with zero attached hydrogens (tertiary/aromatic N) is 1. The van der Waals surface area contributed by atoms with Gasteiger partial charge in [0, 0.05) is 19.5 Å². The molecule has 2 unspecified atom stereocenters. The van der Waals surface area contributed by atoms with Crippen LogP contribution in [0.4, 0.5) is 4.79 Å². The minimum Gasteiger partial charge on any atom is -0.444 e. The van der Waals surface area contributed by atoms with Crippen LogP contribution in [0, 0.1) is 11.3 Å². The highest BCUT2D eigenvalue weighted by Crippen LogP contribution is 2.59. The van der Waals surface area contributed by atoms with Crippen molar-refractivity contribution in [3.05, 3.63) is 0 Å². The monoisotopic (exact) mass is 283 g/mol. The maximum absolute atomic E-state index is 12.3. The molecule has 1 N–H and O–H groups in total.